The molecule has 1 aliphatic rings. The monoisotopic (exact) mass is 288 g/mol. The Morgan fingerprint density at radius 2 is 1.94 bits per heavy atom. The third-order valence-corrected chi connectivity index (χ3v) is 3.80. The minimum Gasteiger partial charge on any atom is -0.330 e. The van der Waals surface area contributed by atoms with Crippen LogP contribution in [0.25, 0.3) is 0 Å². The molecule has 0 bridgehead atoms. The van der Waals surface area contributed by atoms with Gasteiger partial charge in [0.1, 0.15) is 0 Å². The molecule has 2 rings (SSSR count). The molecule has 0 saturated carbocycles. The van der Waals surface area contributed by atoms with Crippen molar-refractivity contribution in [2.75, 3.05) is 13.1 Å². The Bertz CT molecular complexity index is 338. The third kappa shape index (κ3) is 4.43. The maximum absolute atomic E-state index is 5.90. The number of nitrogens with two attached hydrogens (primary N) is 1. The standard InChI is InChI=1S/C14H21ClN2.ClH/c15-13-6-4-12(5-7-13)11-17-10-2-1-3-14(17)8-9-16;/h4-7,14H,1-3,8-11,16H2;1H. The third-order valence-electron chi connectivity index (χ3n) is 3.55. The summed E-state index contributed by atoms with van der Waals surface area (Å²) >= 11 is 5.90. The van der Waals surface area contributed by atoms with Gasteiger partial charge >= 0.3 is 0 Å². The quantitative estimate of drug-likeness (QED) is 0.919. The van der Waals surface area contributed by atoms with Crippen LogP contribution in [-0.4, -0.2) is 24.0 Å². The van der Waals surface area contributed by atoms with Gasteiger partial charge in [0, 0.05) is 17.6 Å². The molecule has 2 N–H and O–H groups in total. The van der Waals surface area contributed by atoms with E-state index in [4.69, 9.17) is 17.3 Å². The summed E-state index contributed by atoms with van der Waals surface area (Å²) in [4.78, 5) is 2.57. The van der Waals surface area contributed by atoms with Crippen molar-refractivity contribution in [1.82, 2.24) is 4.90 Å². The molecule has 0 aromatic heterocycles. The first kappa shape index (κ1) is 15.8. The van der Waals surface area contributed by atoms with Gasteiger partial charge in [-0.3, -0.25) is 4.90 Å². The average molecular weight is 289 g/mol. The van der Waals surface area contributed by atoms with Crippen LogP contribution in [-0.2, 0) is 6.54 Å². The topological polar surface area (TPSA) is 29.3 Å². The van der Waals surface area contributed by atoms with Crippen LogP contribution >= 0.6 is 24.0 Å². The molecule has 1 saturated heterocycles. The van der Waals surface area contributed by atoms with E-state index in [1.807, 2.05) is 12.1 Å². The molecule has 102 valence electrons. The smallest absolute Gasteiger partial charge is 0.0406 e. The molecule has 1 aromatic rings. The number of piperidine rings is 1. The lowest BCUT2D eigenvalue weighted by Gasteiger charge is -2.35. The summed E-state index contributed by atoms with van der Waals surface area (Å²) in [5.41, 5.74) is 7.04. The van der Waals surface area contributed by atoms with E-state index in [9.17, 15) is 0 Å². The highest BCUT2D eigenvalue weighted by Crippen LogP contribution is 2.22. The molecule has 0 spiro atoms. The lowest BCUT2D eigenvalue weighted by atomic mass is 9.98. The van der Waals surface area contributed by atoms with Gasteiger partial charge in [0.15, 0.2) is 0 Å². The highest BCUT2D eigenvalue weighted by molar-refractivity contribution is 6.30. The summed E-state index contributed by atoms with van der Waals surface area (Å²) in [6.07, 6.45) is 5.08. The van der Waals surface area contributed by atoms with Crippen LogP contribution in [0.5, 0.6) is 0 Å². The first-order valence-corrected chi connectivity index (χ1v) is 6.86. The second-order valence-electron chi connectivity index (χ2n) is 4.82. The Kier molecular flexibility index (Phi) is 7.02. The molecule has 0 amide bonds. The van der Waals surface area contributed by atoms with Crippen molar-refractivity contribution in [3.63, 3.8) is 0 Å². The molecular formula is C14H22Cl2N2. The average Bonchev–Trinajstić information content (AvgIpc) is 2.35. The first-order valence-electron chi connectivity index (χ1n) is 6.48. The minimum absolute atomic E-state index is 0. The van der Waals surface area contributed by atoms with Gasteiger partial charge in [-0.25, -0.2) is 0 Å². The second-order valence-corrected chi connectivity index (χ2v) is 5.26. The second kappa shape index (κ2) is 8.00. The number of hydrogen-bond acceptors (Lipinski definition) is 2. The molecule has 1 atom stereocenters. The number of likely N-dealkylation sites (tertiary alicyclic amines) is 1. The molecular weight excluding hydrogens is 267 g/mol. The SMILES string of the molecule is Cl.NCCC1CCCCN1Cc1ccc(Cl)cc1. The van der Waals surface area contributed by atoms with Gasteiger partial charge in [-0.2, -0.15) is 0 Å². The fraction of sp³-hybridized carbons (Fsp3) is 0.571. The molecule has 4 heteroatoms. The molecule has 1 aliphatic heterocycles. The van der Waals surface area contributed by atoms with Gasteiger partial charge in [0.2, 0.25) is 0 Å². The van der Waals surface area contributed by atoms with Crippen LogP contribution < -0.4 is 5.73 Å². The van der Waals surface area contributed by atoms with Crippen LogP contribution in [0, 0.1) is 0 Å². The zero-order valence-corrected chi connectivity index (χ0v) is 12.2. The van der Waals surface area contributed by atoms with E-state index in [1.54, 1.807) is 0 Å². The van der Waals surface area contributed by atoms with Crippen LogP contribution in [0.15, 0.2) is 24.3 Å². The Morgan fingerprint density at radius 1 is 1.22 bits per heavy atom. The predicted molar refractivity (Wildman–Crippen MR) is 80.4 cm³/mol. The van der Waals surface area contributed by atoms with Crippen LogP contribution in [0.2, 0.25) is 5.02 Å². The summed E-state index contributed by atoms with van der Waals surface area (Å²) in [5, 5.41) is 0.811. The minimum atomic E-state index is 0. The van der Waals surface area contributed by atoms with Gasteiger partial charge in [-0.15, -0.1) is 12.4 Å². The maximum atomic E-state index is 5.90. The number of halogens is 2. The molecule has 0 radical (unpaired) electrons. The zero-order valence-electron chi connectivity index (χ0n) is 10.6. The van der Waals surface area contributed by atoms with E-state index in [0.717, 1.165) is 24.5 Å². The fourth-order valence-corrected chi connectivity index (χ4v) is 2.74. The normalized spacial score (nSPS) is 20.4. The van der Waals surface area contributed by atoms with Crippen molar-refractivity contribution in [3.05, 3.63) is 34.9 Å². The molecule has 1 aromatic carbocycles. The lowest BCUT2D eigenvalue weighted by molar-refractivity contribution is 0.134. The fourth-order valence-electron chi connectivity index (χ4n) is 2.61. The van der Waals surface area contributed by atoms with Crippen molar-refractivity contribution in [2.45, 2.75) is 38.3 Å². The van der Waals surface area contributed by atoms with Gasteiger partial charge < -0.3 is 5.73 Å². The number of benzene rings is 1. The van der Waals surface area contributed by atoms with Crippen molar-refractivity contribution in [3.8, 4) is 0 Å². The van der Waals surface area contributed by atoms with E-state index in [1.165, 1.54) is 31.4 Å². The van der Waals surface area contributed by atoms with Crippen molar-refractivity contribution < 1.29 is 0 Å². The number of nitrogens with zero attached hydrogens (tertiary/aromatic N) is 1. The highest BCUT2D eigenvalue weighted by atomic mass is 35.5. The molecule has 1 unspecified atom stereocenters. The summed E-state index contributed by atoms with van der Waals surface area (Å²) < 4.78 is 0. The highest BCUT2D eigenvalue weighted by Gasteiger charge is 2.21. The van der Waals surface area contributed by atoms with E-state index in [-0.39, 0.29) is 12.4 Å². The number of hydrogen-bond donors (Lipinski definition) is 1. The first-order chi connectivity index (χ1) is 8.29. The summed E-state index contributed by atoms with van der Waals surface area (Å²) in [7, 11) is 0. The van der Waals surface area contributed by atoms with E-state index < -0.39 is 0 Å². The largest absolute Gasteiger partial charge is 0.330 e. The van der Waals surface area contributed by atoms with Crippen LogP contribution in [0.3, 0.4) is 0 Å². The van der Waals surface area contributed by atoms with Gasteiger partial charge in [-0.05, 0) is 50.0 Å². The van der Waals surface area contributed by atoms with E-state index in [2.05, 4.69) is 17.0 Å². The Morgan fingerprint density at radius 3 is 2.61 bits per heavy atom. The van der Waals surface area contributed by atoms with Gasteiger partial charge in [0.05, 0.1) is 0 Å². The molecule has 1 fully saturated rings. The van der Waals surface area contributed by atoms with Crippen LogP contribution in [0.4, 0.5) is 0 Å². The van der Waals surface area contributed by atoms with E-state index >= 15 is 0 Å². The molecule has 1 heterocycles. The molecule has 0 aliphatic carbocycles. The molecule has 2 nitrogen and oxygen atoms in total. The Balaban J connectivity index is 0.00000162. The molecule has 18 heavy (non-hydrogen) atoms. The lowest BCUT2D eigenvalue weighted by Crippen LogP contribution is -2.40. The summed E-state index contributed by atoms with van der Waals surface area (Å²) in [6, 6.07) is 8.86. The van der Waals surface area contributed by atoms with Crippen molar-refractivity contribution in [2.24, 2.45) is 5.73 Å². The van der Waals surface area contributed by atoms with Crippen LogP contribution in [0.1, 0.15) is 31.2 Å². The maximum Gasteiger partial charge on any atom is 0.0406 e. The Labute approximate surface area is 121 Å². The predicted octanol–water partition coefficient (Wildman–Crippen LogP) is 3.47. The van der Waals surface area contributed by atoms with Crippen molar-refractivity contribution >= 4 is 24.0 Å². The van der Waals surface area contributed by atoms with Gasteiger partial charge in [0.25, 0.3) is 0 Å². The number of rotatable bonds is 4. The van der Waals surface area contributed by atoms with Gasteiger partial charge in [-0.1, -0.05) is 30.2 Å². The summed E-state index contributed by atoms with van der Waals surface area (Å²) in [6.45, 7) is 3.02. The zero-order chi connectivity index (χ0) is 12.1. The van der Waals surface area contributed by atoms with Crippen molar-refractivity contribution in [1.29, 1.82) is 0 Å². The van der Waals surface area contributed by atoms with E-state index in [0.29, 0.717) is 6.04 Å². The Hall–Kier alpha value is -0.280. The summed E-state index contributed by atoms with van der Waals surface area (Å²) in [5.74, 6) is 0.